The topological polar surface area (TPSA) is 35.5 Å². The monoisotopic (exact) mass is 276 g/mol. The molecule has 1 heterocycles. The van der Waals surface area contributed by atoms with Gasteiger partial charge in [-0.25, -0.2) is 9.78 Å². The zero-order valence-electron chi connectivity index (χ0n) is 12.2. The molecule has 0 spiro atoms. The molecule has 1 aliphatic heterocycles. The van der Waals surface area contributed by atoms with Crippen molar-refractivity contribution in [1.82, 2.24) is 0 Å². The van der Waals surface area contributed by atoms with E-state index in [-0.39, 0.29) is 18.1 Å². The summed E-state index contributed by atoms with van der Waals surface area (Å²) in [5.41, 5.74) is 1.00. The van der Waals surface area contributed by atoms with Gasteiger partial charge in [0, 0.05) is 6.42 Å². The highest BCUT2D eigenvalue weighted by Crippen LogP contribution is 2.31. The SMILES string of the molecule is CCCCCCC1CC(C(C=O)c2ccccc2)OO1. The quantitative estimate of drug-likeness (QED) is 0.408. The van der Waals surface area contributed by atoms with E-state index in [0.717, 1.165) is 24.7 Å². The first-order valence-corrected chi connectivity index (χ1v) is 7.67. The molecule has 0 amide bonds. The molecule has 0 aromatic heterocycles. The lowest BCUT2D eigenvalue weighted by Gasteiger charge is -2.15. The highest BCUT2D eigenvalue weighted by molar-refractivity contribution is 5.63. The van der Waals surface area contributed by atoms with E-state index in [9.17, 15) is 4.79 Å². The normalized spacial score (nSPS) is 23.6. The van der Waals surface area contributed by atoms with Gasteiger partial charge in [0.2, 0.25) is 0 Å². The molecular formula is C17H24O3. The lowest BCUT2D eigenvalue weighted by atomic mass is 9.91. The van der Waals surface area contributed by atoms with Gasteiger partial charge in [0.05, 0.1) is 12.0 Å². The Hall–Kier alpha value is -1.19. The Morgan fingerprint density at radius 2 is 2.00 bits per heavy atom. The van der Waals surface area contributed by atoms with Crippen LogP contribution in [0.5, 0.6) is 0 Å². The zero-order chi connectivity index (χ0) is 14.2. The van der Waals surface area contributed by atoms with Gasteiger partial charge in [-0.1, -0.05) is 62.9 Å². The molecule has 20 heavy (non-hydrogen) atoms. The summed E-state index contributed by atoms with van der Waals surface area (Å²) in [6.45, 7) is 2.21. The first kappa shape index (κ1) is 15.2. The van der Waals surface area contributed by atoms with Crippen LogP contribution < -0.4 is 0 Å². The minimum Gasteiger partial charge on any atom is -0.303 e. The molecular weight excluding hydrogens is 252 g/mol. The smallest absolute Gasteiger partial charge is 0.130 e. The third kappa shape index (κ3) is 4.15. The van der Waals surface area contributed by atoms with Crippen molar-refractivity contribution in [3.05, 3.63) is 35.9 Å². The Morgan fingerprint density at radius 3 is 2.70 bits per heavy atom. The van der Waals surface area contributed by atoms with Crippen LogP contribution in [0.3, 0.4) is 0 Å². The highest BCUT2D eigenvalue weighted by atomic mass is 17.2. The van der Waals surface area contributed by atoms with Gasteiger partial charge in [-0.15, -0.1) is 0 Å². The van der Waals surface area contributed by atoms with Crippen LogP contribution in [0.4, 0.5) is 0 Å². The summed E-state index contributed by atoms with van der Waals surface area (Å²) in [5, 5.41) is 0. The predicted octanol–water partition coefficient (Wildman–Crippen LogP) is 4.03. The van der Waals surface area contributed by atoms with E-state index >= 15 is 0 Å². The predicted molar refractivity (Wildman–Crippen MR) is 78.4 cm³/mol. The van der Waals surface area contributed by atoms with Crippen molar-refractivity contribution in [1.29, 1.82) is 0 Å². The minimum absolute atomic E-state index is 0.142. The Balaban J connectivity index is 1.83. The second-order valence-electron chi connectivity index (χ2n) is 5.51. The lowest BCUT2D eigenvalue weighted by Crippen LogP contribution is -2.19. The fraction of sp³-hybridized carbons (Fsp3) is 0.588. The molecule has 0 aliphatic carbocycles. The second-order valence-corrected chi connectivity index (χ2v) is 5.51. The Bertz CT molecular complexity index is 390. The molecule has 1 aliphatic rings. The number of unbranched alkanes of at least 4 members (excludes halogenated alkanes) is 3. The molecule has 1 aromatic rings. The summed E-state index contributed by atoms with van der Waals surface area (Å²) < 4.78 is 0. The first-order chi connectivity index (χ1) is 9.85. The van der Waals surface area contributed by atoms with Gasteiger partial charge in [-0.3, -0.25) is 0 Å². The van der Waals surface area contributed by atoms with Crippen LogP contribution in [-0.2, 0) is 14.6 Å². The zero-order valence-corrected chi connectivity index (χ0v) is 12.2. The fourth-order valence-electron chi connectivity index (χ4n) is 2.71. The molecule has 2 rings (SSSR count). The molecule has 0 radical (unpaired) electrons. The Morgan fingerprint density at radius 1 is 1.20 bits per heavy atom. The molecule has 0 saturated carbocycles. The van der Waals surface area contributed by atoms with Crippen LogP contribution in [0.25, 0.3) is 0 Å². The summed E-state index contributed by atoms with van der Waals surface area (Å²) in [6.07, 6.45) is 7.74. The number of hydrogen-bond acceptors (Lipinski definition) is 3. The summed E-state index contributed by atoms with van der Waals surface area (Å²) in [4.78, 5) is 22.2. The average molecular weight is 276 g/mol. The van der Waals surface area contributed by atoms with Gasteiger partial charge < -0.3 is 4.79 Å². The van der Waals surface area contributed by atoms with Crippen molar-refractivity contribution in [2.24, 2.45) is 0 Å². The summed E-state index contributed by atoms with van der Waals surface area (Å²) in [7, 11) is 0. The molecule has 1 fully saturated rings. The van der Waals surface area contributed by atoms with E-state index in [2.05, 4.69) is 6.92 Å². The van der Waals surface area contributed by atoms with Crippen molar-refractivity contribution < 1.29 is 14.6 Å². The maximum Gasteiger partial charge on any atom is 0.130 e. The molecule has 3 heteroatoms. The number of benzene rings is 1. The number of hydrogen-bond donors (Lipinski definition) is 0. The maximum atomic E-state index is 11.4. The molecule has 1 aromatic carbocycles. The summed E-state index contributed by atoms with van der Waals surface area (Å²) in [6, 6.07) is 9.79. The summed E-state index contributed by atoms with van der Waals surface area (Å²) in [5.74, 6) is -0.225. The molecule has 3 nitrogen and oxygen atoms in total. The molecule has 3 atom stereocenters. The molecule has 1 saturated heterocycles. The molecule has 3 unspecified atom stereocenters. The highest BCUT2D eigenvalue weighted by Gasteiger charge is 2.34. The first-order valence-electron chi connectivity index (χ1n) is 7.67. The molecule has 110 valence electrons. The van der Waals surface area contributed by atoms with Crippen molar-refractivity contribution in [2.45, 2.75) is 63.6 Å². The average Bonchev–Trinajstić information content (AvgIpc) is 2.94. The van der Waals surface area contributed by atoms with Crippen LogP contribution in [0.2, 0.25) is 0 Å². The number of aldehydes is 1. The number of carbonyl (C=O) groups excluding carboxylic acids is 1. The fourth-order valence-corrected chi connectivity index (χ4v) is 2.71. The van der Waals surface area contributed by atoms with Crippen molar-refractivity contribution >= 4 is 6.29 Å². The second kappa shape index (κ2) is 8.18. The molecule has 0 bridgehead atoms. The van der Waals surface area contributed by atoms with Gasteiger partial charge in [0.15, 0.2) is 0 Å². The van der Waals surface area contributed by atoms with Gasteiger partial charge in [0.1, 0.15) is 12.4 Å². The van der Waals surface area contributed by atoms with E-state index in [0.29, 0.717) is 0 Å². The van der Waals surface area contributed by atoms with Crippen molar-refractivity contribution in [2.75, 3.05) is 0 Å². The Kier molecular flexibility index (Phi) is 6.22. The van der Waals surface area contributed by atoms with E-state index < -0.39 is 0 Å². The third-order valence-corrected chi connectivity index (χ3v) is 3.92. The van der Waals surface area contributed by atoms with E-state index in [4.69, 9.17) is 9.78 Å². The standard InChI is InChI=1S/C17H24O3/c1-2-3-4-8-11-15-12-17(20-19-15)16(13-18)14-9-6-5-7-10-14/h5-7,9-10,13,15-17H,2-4,8,11-12H2,1H3. The largest absolute Gasteiger partial charge is 0.303 e. The number of rotatable bonds is 8. The van der Waals surface area contributed by atoms with E-state index in [1.807, 2.05) is 30.3 Å². The van der Waals surface area contributed by atoms with E-state index in [1.54, 1.807) is 0 Å². The maximum absolute atomic E-state index is 11.4. The van der Waals surface area contributed by atoms with Gasteiger partial charge in [0.25, 0.3) is 0 Å². The van der Waals surface area contributed by atoms with Gasteiger partial charge in [-0.05, 0) is 12.0 Å². The lowest BCUT2D eigenvalue weighted by molar-refractivity contribution is -0.298. The minimum atomic E-state index is -0.225. The van der Waals surface area contributed by atoms with Crippen molar-refractivity contribution in [3.63, 3.8) is 0 Å². The van der Waals surface area contributed by atoms with Crippen LogP contribution >= 0.6 is 0 Å². The third-order valence-electron chi connectivity index (χ3n) is 3.92. The van der Waals surface area contributed by atoms with Crippen LogP contribution in [0.15, 0.2) is 30.3 Å². The van der Waals surface area contributed by atoms with Crippen LogP contribution in [0, 0.1) is 0 Å². The molecule has 0 N–H and O–H groups in total. The van der Waals surface area contributed by atoms with Crippen LogP contribution in [-0.4, -0.2) is 18.5 Å². The summed E-state index contributed by atoms with van der Waals surface area (Å²) >= 11 is 0. The van der Waals surface area contributed by atoms with E-state index in [1.165, 1.54) is 25.7 Å². The van der Waals surface area contributed by atoms with Crippen molar-refractivity contribution in [3.8, 4) is 0 Å². The van der Waals surface area contributed by atoms with Gasteiger partial charge >= 0.3 is 0 Å². The number of carbonyl (C=O) groups is 1. The van der Waals surface area contributed by atoms with Gasteiger partial charge in [-0.2, -0.15) is 0 Å². The Labute approximate surface area is 121 Å². The van der Waals surface area contributed by atoms with Crippen LogP contribution in [0.1, 0.15) is 56.9 Å².